The minimum atomic E-state index is -0.661. The van der Waals surface area contributed by atoms with Gasteiger partial charge in [0.25, 0.3) is 17.5 Å². The first-order chi connectivity index (χ1) is 16.2. The van der Waals surface area contributed by atoms with Gasteiger partial charge in [-0.05, 0) is 54.5 Å². The fourth-order valence-corrected chi connectivity index (χ4v) is 3.38. The maximum atomic E-state index is 13.2. The van der Waals surface area contributed by atoms with E-state index < -0.39 is 16.7 Å². The van der Waals surface area contributed by atoms with Crippen LogP contribution in [0.5, 0.6) is 5.75 Å². The normalized spacial score (nSPS) is 11.0. The average molecular weight is 500 g/mol. The number of nitrogens with one attached hydrogen (secondary N) is 2. The number of non-ortho nitro benzene ring substituents is 1. The fraction of sp³-hybridized carbons (Fsp3) is 0.0833. The van der Waals surface area contributed by atoms with Crippen molar-refractivity contribution in [2.75, 3.05) is 12.4 Å². The number of nitro groups is 1. The SMILES string of the molecule is COc1ccc(Cl)cc1C(=O)N/C(=C\c1cccc([N+](=O)[O-])c1)C(=O)Nc1cccc(Cl)c1C. The van der Waals surface area contributed by atoms with Gasteiger partial charge in [-0.25, -0.2) is 0 Å². The molecule has 0 spiro atoms. The lowest BCUT2D eigenvalue weighted by molar-refractivity contribution is -0.384. The summed E-state index contributed by atoms with van der Waals surface area (Å²) in [6, 6.07) is 15.1. The molecule has 34 heavy (non-hydrogen) atoms. The summed E-state index contributed by atoms with van der Waals surface area (Å²) in [6.07, 6.45) is 1.33. The van der Waals surface area contributed by atoms with Gasteiger partial charge in [-0.2, -0.15) is 0 Å². The number of amides is 2. The molecule has 10 heteroatoms. The summed E-state index contributed by atoms with van der Waals surface area (Å²) in [5.74, 6) is -1.07. The van der Waals surface area contributed by atoms with E-state index in [9.17, 15) is 19.7 Å². The molecule has 2 amide bonds. The standard InChI is InChI=1S/C24H19Cl2N3O5/c1-14-19(26)7-4-8-20(14)27-24(31)21(12-15-5-3-6-17(11-15)29(32)33)28-23(30)18-13-16(25)9-10-22(18)34-2/h3-13H,1-2H3,(H,27,31)(H,28,30)/b21-12-. The van der Waals surface area contributed by atoms with Crippen LogP contribution in [0.1, 0.15) is 21.5 Å². The summed E-state index contributed by atoms with van der Waals surface area (Å²) in [5.41, 5.74) is 1.19. The molecule has 0 heterocycles. The van der Waals surface area contributed by atoms with Gasteiger partial charge in [0.2, 0.25) is 0 Å². The summed E-state index contributed by atoms with van der Waals surface area (Å²) in [4.78, 5) is 36.8. The molecule has 0 fully saturated rings. The molecule has 2 N–H and O–H groups in total. The third-order valence-electron chi connectivity index (χ3n) is 4.81. The molecule has 0 unspecified atom stereocenters. The van der Waals surface area contributed by atoms with Gasteiger partial charge < -0.3 is 15.4 Å². The van der Waals surface area contributed by atoms with Gasteiger partial charge in [-0.15, -0.1) is 0 Å². The van der Waals surface area contributed by atoms with Crippen LogP contribution in [0.3, 0.4) is 0 Å². The van der Waals surface area contributed by atoms with Gasteiger partial charge >= 0.3 is 0 Å². The molecule has 0 aliphatic heterocycles. The van der Waals surface area contributed by atoms with Crippen LogP contribution in [0.15, 0.2) is 66.4 Å². The van der Waals surface area contributed by atoms with Crippen LogP contribution < -0.4 is 15.4 Å². The van der Waals surface area contributed by atoms with E-state index in [4.69, 9.17) is 27.9 Å². The monoisotopic (exact) mass is 499 g/mol. The Morgan fingerprint density at radius 1 is 1.06 bits per heavy atom. The number of methoxy groups -OCH3 is 1. The number of halogens is 2. The fourth-order valence-electron chi connectivity index (χ4n) is 3.03. The highest BCUT2D eigenvalue weighted by Gasteiger charge is 2.19. The largest absolute Gasteiger partial charge is 0.496 e. The highest BCUT2D eigenvalue weighted by Crippen LogP contribution is 2.25. The van der Waals surface area contributed by atoms with E-state index in [1.165, 1.54) is 43.5 Å². The molecule has 0 aliphatic carbocycles. The molecule has 8 nitrogen and oxygen atoms in total. The van der Waals surface area contributed by atoms with E-state index in [2.05, 4.69) is 10.6 Å². The van der Waals surface area contributed by atoms with Crippen LogP contribution in [0.25, 0.3) is 6.08 Å². The third kappa shape index (κ3) is 5.92. The molecule has 174 valence electrons. The summed E-state index contributed by atoms with van der Waals surface area (Å²) < 4.78 is 5.22. The number of benzene rings is 3. The summed E-state index contributed by atoms with van der Waals surface area (Å²) in [5, 5.41) is 17.2. The van der Waals surface area contributed by atoms with Crippen LogP contribution in [-0.4, -0.2) is 23.8 Å². The Labute approximate surface area is 205 Å². The van der Waals surface area contributed by atoms with Crippen LogP contribution in [0.2, 0.25) is 10.0 Å². The lowest BCUT2D eigenvalue weighted by Crippen LogP contribution is -2.31. The van der Waals surface area contributed by atoms with Crippen LogP contribution in [0, 0.1) is 17.0 Å². The summed E-state index contributed by atoms with van der Waals surface area (Å²) >= 11 is 12.2. The average Bonchev–Trinajstić information content (AvgIpc) is 2.81. The Kier molecular flexibility index (Phi) is 7.88. The lowest BCUT2D eigenvalue weighted by atomic mass is 10.1. The Balaban J connectivity index is 2.01. The Hall–Kier alpha value is -3.88. The predicted molar refractivity (Wildman–Crippen MR) is 131 cm³/mol. The Morgan fingerprint density at radius 3 is 2.50 bits per heavy atom. The number of hydrogen-bond acceptors (Lipinski definition) is 5. The molecule has 3 rings (SSSR count). The number of carbonyl (C=O) groups excluding carboxylic acids is 2. The number of nitrogens with zero attached hydrogens (tertiary/aromatic N) is 1. The maximum Gasteiger partial charge on any atom is 0.272 e. The zero-order valence-corrected chi connectivity index (χ0v) is 19.6. The van der Waals surface area contributed by atoms with E-state index in [1.54, 1.807) is 37.3 Å². The molecule has 0 saturated carbocycles. The number of ether oxygens (including phenoxy) is 1. The van der Waals surface area contributed by atoms with E-state index in [1.807, 2.05) is 0 Å². The minimum Gasteiger partial charge on any atom is -0.496 e. The van der Waals surface area contributed by atoms with Crippen molar-refractivity contribution in [3.05, 3.63) is 103 Å². The summed E-state index contributed by atoms with van der Waals surface area (Å²) in [6.45, 7) is 1.73. The highest BCUT2D eigenvalue weighted by atomic mass is 35.5. The molecule has 0 radical (unpaired) electrons. The lowest BCUT2D eigenvalue weighted by Gasteiger charge is -2.14. The van der Waals surface area contributed by atoms with Gasteiger partial charge in [0.15, 0.2) is 0 Å². The highest BCUT2D eigenvalue weighted by molar-refractivity contribution is 6.32. The van der Waals surface area contributed by atoms with Crippen molar-refractivity contribution in [1.29, 1.82) is 0 Å². The third-order valence-corrected chi connectivity index (χ3v) is 5.45. The quantitative estimate of drug-likeness (QED) is 0.248. The van der Waals surface area contributed by atoms with Crippen molar-refractivity contribution in [2.45, 2.75) is 6.92 Å². The number of hydrogen-bond donors (Lipinski definition) is 2. The van der Waals surface area contributed by atoms with Crippen molar-refractivity contribution in [2.24, 2.45) is 0 Å². The summed E-state index contributed by atoms with van der Waals surface area (Å²) in [7, 11) is 1.40. The molecular formula is C24H19Cl2N3O5. The first-order valence-electron chi connectivity index (χ1n) is 9.87. The van der Waals surface area contributed by atoms with Crippen molar-refractivity contribution in [3.8, 4) is 5.75 Å². The van der Waals surface area contributed by atoms with Crippen molar-refractivity contribution < 1.29 is 19.2 Å². The smallest absolute Gasteiger partial charge is 0.272 e. The zero-order chi connectivity index (χ0) is 24.8. The molecule has 0 bridgehead atoms. The first-order valence-corrected chi connectivity index (χ1v) is 10.6. The van der Waals surface area contributed by atoms with Crippen LogP contribution >= 0.6 is 23.2 Å². The second kappa shape index (κ2) is 10.8. The van der Waals surface area contributed by atoms with E-state index >= 15 is 0 Å². The number of nitro benzene ring substituents is 1. The number of rotatable bonds is 7. The molecule has 3 aromatic carbocycles. The topological polar surface area (TPSA) is 111 Å². The second-order valence-electron chi connectivity index (χ2n) is 7.08. The van der Waals surface area contributed by atoms with E-state index in [-0.39, 0.29) is 22.7 Å². The van der Waals surface area contributed by atoms with Gasteiger partial charge in [0.05, 0.1) is 17.6 Å². The van der Waals surface area contributed by atoms with E-state index in [0.29, 0.717) is 26.9 Å². The molecule has 0 aromatic heterocycles. The maximum absolute atomic E-state index is 13.2. The second-order valence-corrected chi connectivity index (χ2v) is 7.92. The predicted octanol–water partition coefficient (Wildman–Crippen LogP) is 5.63. The van der Waals surface area contributed by atoms with Crippen molar-refractivity contribution in [1.82, 2.24) is 5.32 Å². The van der Waals surface area contributed by atoms with Gasteiger partial charge in [-0.3, -0.25) is 19.7 Å². The van der Waals surface area contributed by atoms with Crippen LogP contribution in [-0.2, 0) is 4.79 Å². The molecule has 0 aliphatic rings. The first kappa shape index (κ1) is 24.8. The molecule has 0 atom stereocenters. The van der Waals surface area contributed by atoms with E-state index in [0.717, 1.165) is 0 Å². The van der Waals surface area contributed by atoms with Gasteiger partial charge in [-0.1, -0.05) is 41.4 Å². The van der Waals surface area contributed by atoms with Gasteiger partial charge in [0.1, 0.15) is 11.4 Å². The molecular weight excluding hydrogens is 481 g/mol. The molecule has 0 saturated heterocycles. The number of carbonyl (C=O) groups is 2. The zero-order valence-electron chi connectivity index (χ0n) is 18.1. The van der Waals surface area contributed by atoms with Crippen molar-refractivity contribution in [3.63, 3.8) is 0 Å². The van der Waals surface area contributed by atoms with Crippen LogP contribution in [0.4, 0.5) is 11.4 Å². The van der Waals surface area contributed by atoms with Gasteiger partial charge in [0, 0.05) is 27.9 Å². The number of anilines is 1. The Morgan fingerprint density at radius 2 is 1.79 bits per heavy atom. The Bertz CT molecular complexity index is 1310. The minimum absolute atomic E-state index is 0.103. The van der Waals surface area contributed by atoms with Crippen molar-refractivity contribution >= 4 is 52.5 Å². The molecule has 3 aromatic rings.